The van der Waals surface area contributed by atoms with Crippen molar-refractivity contribution >= 4 is 21.7 Å². The van der Waals surface area contributed by atoms with Crippen LogP contribution in [0.15, 0.2) is 18.2 Å². The Hall–Kier alpha value is -1.14. The lowest BCUT2D eigenvalue weighted by molar-refractivity contribution is 0.0989. The topological polar surface area (TPSA) is 40.9 Å². The molecule has 2 nitrogen and oxygen atoms in total. The molecular formula is C11H10BrNO. The summed E-state index contributed by atoms with van der Waals surface area (Å²) in [7, 11) is 0. The Morgan fingerprint density at radius 1 is 1.57 bits per heavy atom. The van der Waals surface area contributed by atoms with Gasteiger partial charge in [-0.3, -0.25) is 4.79 Å². The second kappa shape index (κ2) is 4.92. The highest BCUT2D eigenvalue weighted by atomic mass is 79.9. The molecule has 1 aromatic rings. The van der Waals surface area contributed by atoms with E-state index in [1.807, 2.05) is 19.1 Å². The second-order valence-corrected chi connectivity index (χ2v) is 3.82. The number of nitriles is 1. The minimum absolute atomic E-state index is 0.0124. The van der Waals surface area contributed by atoms with E-state index in [-0.39, 0.29) is 5.78 Å². The Balaban J connectivity index is 3.09. The molecule has 0 unspecified atom stereocenters. The molecule has 3 heteroatoms. The molecular weight excluding hydrogens is 242 g/mol. The number of rotatable bonds is 3. The quantitative estimate of drug-likeness (QED) is 0.613. The van der Waals surface area contributed by atoms with E-state index in [2.05, 4.69) is 15.9 Å². The number of Topliss-reactive ketones (excluding diaryl/α,β-unsaturated/α-hetero) is 1. The first-order valence-electron chi connectivity index (χ1n) is 4.29. The maximum atomic E-state index is 11.6. The molecule has 0 saturated heterocycles. The summed E-state index contributed by atoms with van der Waals surface area (Å²) in [5.41, 5.74) is 1.99. The number of ketones is 1. The molecule has 0 spiro atoms. The van der Waals surface area contributed by atoms with E-state index in [4.69, 9.17) is 5.26 Å². The minimum atomic E-state index is 0.0124. The number of carbonyl (C=O) groups excluding carboxylic acids is 1. The number of hydrogen-bond acceptors (Lipinski definition) is 2. The smallest absolute Gasteiger partial charge is 0.165 e. The Labute approximate surface area is 91.7 Å². The molecule has 0 aliphatic carbocycles. The lowest BCUT2D eigenvalue weighted by Crippen LogP contribution is -2.02. The third-order valence-corrected chi connectivity index (χ3v) is 2.31. The van der Waals surface area contributed by atoms with Crippen LogP contribution in [-0.2, 0) is 0 Å². The largest absolute Gasteiger partial charge is 0.294 e. The van der Waals surface area contributed by atoms with Crippen LogP contribution in [-0.4, -0.2) is 11.1 Å². The Bertz CT molecular complexity index is 393. The molecule has 1 aromatic carbocycles. The summed E-state index contributed by atoms with van der Waals surface area (Å²) in [4.78, 5) is 11.6. The first-order valence-corrected chi connectivity index (χ1v) is 5.41. The first-order chi connectivity index (χ1) is 6.69. The third-order valence-electron chi connectivity index (χ3n) is 1.92. The van der Waals surface area contributed by atoms with Crippen LogP contribution in [0.25, 0.3) is 0 Å². The molecule has 0 N–H and O–H groups in total. The third kappa shape index (κ3) is 2.43. The molecule has 0 aromatic heterocycles. The van der Waals surface area contributed by atoms with Gasteiger partial charge in [-0.2, -0.15) is 5.26 Å². The number of aryl methyl sites for hydroxylation is 1. The van der Waals surface area contributed by atoms with Gasteiger partial charge in [0, 0.05) is 17.3 Å². The van der Waals surface area contributed by atoms with Gasteiger partial charge in [-0.05, 0) is 24.6 Å². The van der Waals surface area contributed by atoms with Crippen LogP contribution < -0.4 is 0 Å². The van der Waals surface area contributed by atoms with Crippen LogP contribution in [0.4, 0.5) is 0 Å². The van der Waals surface area contributed by atoms with Crippen LogP contribution in [0.3, 0.4) is 0 Å². The standard InChI is InChI=1S/C11H10BrNO/c1-8-2-3-10(9(6-8)7-13)11(14)4-5-12/h2-3,6H,4-5H2,1H3. The molecule has 0 aliphatic heterocycles. The molecule has 0 saturated carbocycles. The molecule has 0 amide bonds. The van der Waals surface area contributed by atoms with Gasteiger partial charge in [-0.1, -0.05) is 22.0 Å². The Morgan fingerprint density at radius 3 is 2.86 bits per heavy atom. The predicted molar refractivity (Wildman–Crippen MR) is 58.6 cm³/mol. The fourth-order valence-corrected chi connectivity index (χ4v) is 1.57. The highest BCUT2D eigenvalue weighted by Crippen LogP contribution is 2.13. The van der Waals surface area contributed by atoms with Gasteiger partial charge < -0.3 is 0 Å². The zero-order valence-electron chi connectivity index (χ0n) is 7.88. The van der Waals surface area contributed by atoms with Gasteiger partial charge in [0.15, 0.2) is 5.78 Å². The summed E-state index contributed by atoms with van der Waals surface area (Å²) in [6, 6.07) is 7.35. The normalized spacial score (nSPS) is 9.50. The average molecular weight is 252 g/mol. The lowest BCUT2D eigenvalue weighted by atomic mass is 10.0. The van der Waals surface area contributed by atoms with Gasteiger partial charge in [-0.15, -0.1) is 0 Å². The summed E-state index contributed by atoms with van der Waals surface area (Å²) in [6.45, 7) is 1.90. The molecule has 1 rings (SSSR count). The molecule has 0 aliphatic rings. The fourth-order valence-electron chi connectivity index (χ4n) is 1.21. The minimum Gasteiger partial charge on any atom is -0.294 e. The van der Waals surface area contributed by atoms with Crippen LogP contribution in [0.5, 0.6) is 0 Å². The Morgan fingerprint density at radius 2 is 2.29 bits per heavy atom. The summed E-state index contributed by atoms with van der Waals surface area (Å²) in [6.07, 6.45) is 0.428. The fraction of sp³-hybridized carbons (Fsp3) is 0.273. The van der Waals surface area contributed by atoms with Gasteiger partial charge in [0.25, 0.3) is 0 Å². The van der Waals surface area contributed by atoms with E-state index >= 15 is 0 Å². The number of hydrogen-bond donors (Lipinski definition) is 0. The maximum Gasteiger partial charge on any atom is 0.165 e. The molecule has 0 atom stereocenters. The van der Waals surface area contributed by atoms with Gasteiger partial charge in [0.05, 0.1) is 11.6 Å². The number of carbonyl (C=O) groups is 1. The van der Waals surface area contributed by atoms with Crippen LogP contribution in [0, 0.1) is 18.3 Å². The lowest BCUT2D eigenvalue weighted by Gasteiger charge is -2.02. The van der Waals surface area contributed by atoms with E-state index in [1.165, 1.54) is 0 Å². The maximum absolute atomic E-state index is 11.6. The molecule has 72 valence electrons. The van der Waals surface area contributed by atoms with E-state index in [0.29, 0.717) is 22.9 Å². The van der Waals surface area contributed by atoms with Crippen LogP contribution in [0.1, 0.15) is 27.9 Å². The van der Waals surface area contributed by atoms with Gasteiger partial charge in [0.1, 0.15) is 0 Å². The van der Waals surface area contributed by atoms with Crippen molar-refractivity contribution in [2.24, 2.45) is 0 Å². The number of halogens is 1. The molecule has 0 radical (unpaired) electrons. The van der Waals surface area contributed by atoms with Crippen molar-refractivity contribution < 1.29 is 4.79 Å². The molecule has 0 fully saturated rings. The van der Waals surface area contributed by atoms with Gasteiger partial charge >= 0.3 is 0 Å². The van der Waals surface area contributed by atoms with Crippen LogP contribution in [0.2, 0.25) is 0 Å². The van der Waals surface area contributed by atoms with E-state index in [1.54, 1.807) is 12.1 Å². The van der Waals surface area contributed by atoms with Crippen LogP contribution >= 0.6 is 15.9 Å². The average Bonchev–Trinajstić information content (AvgIpc) is 2.17. The number of nitrogens with zero attached hydrogens (tertiary/aromatic N) is 1. The van der Waals surface area contributed by atoms with Crippen molar-refractivity contribution in [3.63, 3.8) is 0 Å². The summed E-state index contributed by atoms with van der Waals surface area (Å²) >= 11 is 3.20. The zero-order chi connectivity index (χ0) is 10.6. The molecule has 0 heterocycles. The Kier molecular flexibility index (Phi) is 3.84. The van der Waals surface area contributed by atoms with Crippen molar-refractivity contribution in [2.45, 2.75) is 13.3 Å². The molecule has 0 bridgehead atoms. The van der Waals surface area contributed by atoms with E-state index < -0.39 is 0 Å². The second-order valence-electron chi connectivity index (χ2n) is 3.02. The molecule has 14 heavy (non-hydrogen) atoms. The predicted octanol–water partition coefficient (Wildman–Crippen LogP) is 2.83. The number of alkyl halides is 1. The zero-order valence-corrected chi connectivity index (χ0v) is 9.47. The monoisotopic (exact) mass is 251 g/mol. The summed E-state index contributed by atoms with van der Waals surface area (Å²) in [5.74, 6) is 0.0124. The highest BCUT2D eigenvalue weighted by Gasteiger charge is 2.10. The van der Waals surface area contributed by atoms with Crippen molar-refractivity contribution in [3.05, 3.63) is 34.9 Å². The first kappa shape index (κ1) is 10.9. The highest BCUT2D eigenvalue weighted by molar-refractivity contribution is 9.09. The SMILES string of the molecule is Cc1ccc(C(=O)CCBr)c(C#N)c1. The van der Waals surface area contributed by atoms with Crippen molar-refractivity contribution in [1.29, 1.82) is 5.26 Å². The van der Waals surface area contributed by atoms with E-state index in [0.717, 1.165) is 5.56 Å². The van der Waals surface area contributed by atoms with Crippen molar-refractivity contribution in [2.75, 3.05) is 5.33 Å². The van der Waals surface area contributed by atoms with Crippen molar-refractivity contribution in [3.8, 4) is 6.07 Å². The van der Waals surface area contributed by atoms with Gasteiger partial charge in [-0.25, -0.2) is 0 Å². The van der Waals surface area contributed by atoms with E-state index in [9.17, 15) is 4.79 Å². The van der Waals surface area contributed by atoms with Gasteiger partial charge in [0.2, 0.25) is 0 Å². The summed E-state index contributed by atoms with van der Waals surface area (Å²) < 4.78 is 0. The summed E-state index contributed by atoms with van der Waals surface area (Å²) in [5, 5.41) is 9.48. The van der Waals surface area contributed by atoms with Crippen molar-refractivity contribution in [1.82, 2.24) is 0 Å². The number of benzene rings is 1.